The molecule has 0 fully saturated rings. The van der Waals surface area contributed by atoms with Crippen LogP contribution in [0.2, 0.25) is 0 Å². The molecule has 0 aliphatic heterocycles. The molecule has 1 aliphatic carbocycles. The zero-order valence-electron chi connectivity index (χ0n) is 11.3. The van der Waals surface area contributed by atoms with E-state index < -0.39 is 5.41 Å². The minimum absolute atomic E-state index is 0.0233. The number of Topliss-reactive ketones (excluding diaryl/α,β-unsaturated/α-hetero) is 1. The van der Waals surface area contributed by atoms with Gasteiger partial charge in [-0.25, -0.2) is 0 Å². The van der Waals surface area contributed by atoms with E-state index in [0.29, 0.717) is 6.42 Å². The molecule has 96 valence electrons. The number of nitrogens with one attached hydrogen (secondary N) is 1. The van der Waals surface area contributed by atoms with Crippen molar-refractivity contribution in [3.05, 3.63) is 12.2 Å². The molecular formula is C14H23NO2. The molecule has 0 heterocycles. The van der Waals surface area contributed by atoms with E-state index in [1.54, 1.807) is 13.0 Å². The third-order valence-corrected chi connectivity index (χ3v) is 3.02. The fraction of sp³-hybridized carbons (Fsp3) is 0.714. The van der Waals surface area contributed by atoms with Crippen molar-refractivity contribution >= 4 is 11.7 Å². The molecule has 0 spiro atoms. The standard InChI is InChI=1S/C14H23NO2/c1-13(2,3)15-12(17)14(4)10-8-6-5-7-9-11(14)16/h8,10H,5-7,9H2,1-4H3,(H,15,17)/b10-8+. The SMILES string of the molecule is CC(C)(C)NC(=O)C1(C)/C=C/CCCCC1=O. The molecule has 3 heteroatoms. The van der Waals surface area contributed by atoms with Gasteiger partial charge in [-0.05, 0) is 47.0 Å². The largest absolute Gasteiger partial charge is 0.350 e. The average Bonchev–Trinajstić information content (AvgIpc) is 2.17. The van der Waals surface area contributed by atoms with Gasteiger partial charge in [0, 0.05) is 12.0 Å². The lowest BCUT2D eigenvalue weighted by Crippen LogP contribution is -2.50. The zero-order chi connectivity index (χ0) is 13.1. The van der Waals surface area contributed by atoms with Crippen LogP contribution < -0.4 is 5.32 Å². The molecule has 1 N–H and O–H groups in total. The van der Waals surface area contributed by atoms with Crippen molar-refractivity contribution in [3.63, 3.8) is 0 Å². The van der Waals surface area contributed by atoms with E-state index in [0.717, 1.165) is 19.3 Å². The molecule has 0 bridgehead atoms. The second kappa shape index (κ2) is 5.03. The molecule has 0 radical (unpaired) electrons. The van der Waals surface area contributed by atoms with Crippen LogP contribution in [0.3, 0.4) is 0 Å². The van der Waals surface area contributed by atoms with Crippen LogP contribution in [0.4, 0.5) is 0 Å². The average molecular weight is 237 g/mol. The molecule has 0 saturated carbocycles. The smallest absolute Gasteiger partial charge is 0.237 e. The van der Waals surface area contributed by atoms with E-state index in [1.165, 1.54) is 0 Å². The van der Waals surface area contributed by atoms with E-state index in [9.17, 15) is 9.59 Å². The number of rotatable bonds is 1. The van der Waals surface area contributed by atoms with Crippen LogP contribution in [0.1, 0.15) is 53.4 Å². The van der Waals surface area contributed by atoms with Crippen molar-refractivity contribution < 1.29 is 9.59 Å². The van der Waals surface area contributed by atoms with Crippen molar-refractivity contribution in [2.75, 3.05) is 0 Å². The molecule has 17 heavy (non-hydrogen) atoms. The van der Waals surface area contributed by atoms with Gasteiger partial charge >= 0.3 is 0 Å². The van der Waals surface area contributed by atoms with Crippen molar-refractivity contribution in [1.82, 2.24) is 5.32 Å². The molecule has 1 aliphatic rings. The number of hydrogen-bond donors (Lipinski definition) is 1. The minimum Gasteiger partial charge on any atom is -0.350 e. The summed E-state index contributed by atoms with van der Waals surface area (Å²) in [6.45, 7) is 7.49. The predicted octanol–water partition coefficient (Wildman–Crippen LogP) is 2.61. The summed E-state index contributed by atoms with van der Waals surface area (Å²) >= 11 is 0. The topological polar surface area (TPSA) is 46.2 Å². The fourth-order valence-electron chi connectivity index (χ4n) is 1.89. The Morgan fingerprint density at radius 2 is 2.00 bits per heavy atom. The van der Waals surface area contributed by atoms with Crippen LogP contribution in [0.25, 0.3) is 0 Å². The Hall–Kier alpha value is -1.12. The Labute approximate surface area is 104 Å². The highest BCUT2D eigenvalue weighted by molar-refractivity contribution is 6.07. The predicted molar refractivity (Wildman–Crippen MR) is 68.6 cm³/mol. The Bertz CT molecular complexity index is 339. The van der Waals surface area contributed by atoms with Gasteiger partial charge in [0.05, 0.1) is 0 Å². The number of amides is 1. The number of hydrogen-bond acceptors (Lipinski definition) is 2. The Kier molecular flexibility index (Phi) is 4.12. The first kappa shape index (κ1) is 13.9. The first-order chi connectivity index (χ1) is 7.76. The van der Waals surface area contributed by atoms with Gasteiger partial charge in [0.15, 0.2) is 5.78 Å². The van der Waals surface area contributed by atoms with Gasteiger partial charge in [-0.15, -0.1) is 0 Å². The summed E-state index contributed by atoms with van der Waals surface area (Å²) in [5.41, 5.74) is -1.30. The van der Waals surface area contributed by atoms with Crippen LogP contribution in [-0.4, -0.2) is 17.2 Å². The van der Waals surface area contributed by atoms with Gasteiger partial charge in [0.1, 0.15) is 5.41 Å². The number of ketones is 1. The molecule has 3 nitrogen and oxygen atoms in total. The van der Waals surface area contributed by atoms with Crippen molar-refractivity contribution in [2.45, 2.75) is 58.9 Å². The summed E-state index contributed by atoms with van der Waals surface area (Å²) in [5, 5.41) is 2.90. The van der Waals surface area contributed by atoms with Crippen molar-refractivity contribution in [3.8, 4) is 0 Å². The van der Waals surface area contributed by atoms with Gasteiger partial charge in [0.2, 0.25) is 5.91 Å². The van der Waals surface area contributed by atoms with Gasteiger partial charge < -0.3 is 5.32 Å². The lowest BCUT2D eigenvalue weighted by atomic mass is 9.79. The number of carbonyl (C=O) groups excluding carboxylic acids is 2. The number of allylic oxidation sites excluding steroid dienone is 1. The third kappa shape index (κ3) is 3.69. The molecular weight excluding hydrogens is 214 g/mol. The van der Waals surface area contributed by atoms with E-state index in [2.05, 4.69) is 5.32 Å². The molecule has 1 amide bonds. The molecule has 0 aromatic carbocycles. The molecule has 1 rings (SSSR count). The van der Waals surface area contributed by atoms with E-state index in [4.69, 9.17) is 0 Å². The maximum absolute atomic E-state index is 12.2. The lowest BCUT2D eigenvalue weighted by molar-refractivity contribution is -0.139. The maximum Gasteiger partial charge on any atom is 0.237 e. The maximum atomic E-state index is 12.2. The highest BCUT2D eigenvalue weighted by Crippen LogP contribution is 2.27. The lowest BCUT2D eigenvalue weighted by Gasteiger charge is -2.30. The second-order valence-corrected chi connectivity index (χ2v) is 5.98. The highest BCUT2D eigenvalue weighted by Gasteiger charge is 2.39. The van der Waals surface area contributed by atoms with Crippen molar-refractivity contribution in [2.24, 2.45) is 5.41 Å². The monoisotopic (exact) mass is 237 g/mol. The molecule has 0 saturated heterocycles. The Morgan fingerprint density at radius 3 is 2.59 bits per heavy atom. The van der Waals surface area contributed by atoms with Gasteiger partial charge in [-0.3, -0.25) is 9.59 Å². The quantitative estimate of drug-likeness (QED) is 0.563. The molecule has 1 atom stereocenters. The normalized spacial score (nSPS) is 28.1. The summed E-state index contributed by atoms with van der Waals surface area (Å²) in [6, 6.07) is 0. The van der Waals surface area contributed by atoms with E-state index >= 15 is 0 Å². The molecule has 1 unspecified atom stereocenters. The first-order valence-corrected chi connectivity index (χ1v) is 6.29. The Morgan fingerprint density at radius 1 is 1.35 bits per heavy atom. The van der Waals surface area contributed by atoms with Crippen LogP contribution in [0, 0.1) is 5.41 Å². The molecule has 0 aromatic heterocycles. The Balaban J connectivity index is 2.92. The van der Waals surface area contributed by atoms with Crippen LogP contribution >= 0.6 is 0 Å². The highest BCUT2D eigenvalue weighted by atomic mass is 16.2. The summed E-state index contributed by atoms with van der Waals surface area (Å²) in [5.74, 6) is -0.164. The van der Waals surface area contributed by atoms with Crippen LogP contribution in [0.15, 0.2) is 12.2 Å². The molecule has 0 aromatic rings. The summed E-state index contributed by atoms with van der Waals surface area (Å²) in [4.78, 5) is 24.3. The minimum atomic E-state index is -0.992. The summed E-state index contributed by atoms with van der Waals surface area (Å²) in [6.07, 6.45) is 7.08. The van der Waals surface area contributed by atoms with E-state index in [1.807, 2.05) is 26.8 Å². The first-order valence-electron chi connectivity index (χ1n) is 6.29. The zero-order valence-corrected chi connectivity index (χ0v) is 11.3. The number of carbonyl (C=O) groups is 2. The van der Waals surface area contributed by atoms with Gasteiger partial charge in [-0.1, -0.05) is 12.2 Å². The van der Waals surface area contributed by atoms with Crippen LogP contribution in [0.5, 0.6) is 0 Å². The van der Waals surface area contributed by atoms with Gasteiger partial charge in [-0.2, -0.15) is 0 Å². The summed E-state index contributed by atoms with van der Waals surface area (Å²) in [7, 11) is 0. The third-order valence-electron chi connectivity index (χ3n) is 3.02. The van der Waals surface area contributed by atoms with Crippen molar-refractivity contribution in [1.29, 1.82) is 0 Å². The summed E-state index contributed by atoms with van der Waals surface area (Å²) < 4.78 is 0. The van der Waals surface area contributed by atoms with E-state index in [-0.39, 0.29) is 17.2 Å². The second-order valence-electron chi connectivity index (χ2n) is 5.98. The van der Waals surface area contributed by atoms with Crippen LogP contribution in [-0.2, 0) is 9.59 Å². The fourth-order valence-corrected chi connectivity index (χ4v) is 1.89. The van der Waals surface area contributed by atoms with Gasteiger partial charge in [0.25, 0.3) is 0 Å².